The Hall–Kier alpha value is -2.95. The molecule has 0 bridgehead atoms. The number of carbonyl (C=O) groups excluding carboxylic acids is 2. The molecule has 3 aromatic rings. The van der Waals surface area contributed by atoms with Crippen LogP contribution in [0.1, 0.15) is 39.6 Å². The van der Waals surface area contributed by atoms with Crippen molar-refractivity contribution in [2.45, 2.75) is 19.9 Å². The number of esters is 1. The second kappa shape index (κ2) is 7.30. The van der Waals surface area contributed by atoms with Crippen molar-refractivity contribution >= 4 is 23.2 Å². The molecule has 1 aromatic heterocycles. The van der Waals surface area contributed by atoms with Gasteiger partial charge in [0.15, 0.2) is 6.29 Å². The number of aromatic nitrogens is 1. The number of ether oxygens (including phenoxy) is 1. The summed E-state index contributed by atoms with van der Waals surface area (Å²) < 4.78 is 20.5. The minimum absolute atomic E-state index is 0.350. The van der Waals surface area contributed by atoms with Crippen molar-refractivity contribution in [3.63, 3.8) is 0 Å². The smallest absolute Gasteiger partial charge is 0.338 e. The molecule has 2 aromatic carbocycles. The molecule has 0 amide bonds. The molecule has 0 radical (unpaired) electrons. The van der Waals surface area contributed by atoms with E-state index in [0.717, 1.165) is 23.8 Å². The van der Waals surface area contributed by atoms with Gasteiger partial charge < -0.3 is 9.30 Å². The average molecular weight is 339 g/mol. The topological polar surface area (TPSA) is 48.3 Å². The maximum absolute atomic E-state index is 13.5. The molecule has 0 aliphatic heterocycles. The Balaban J connectivity index is 1.91. The van der Waals surface area contributed by atoms with Crippen molar-refractivity contribution < 1.29 is 18.7 Å². The summed E-state index contributed by atoms with van der Waals surface area (Å²) in [5.41, 5.74) is 2.59. The predicted octanol–water partition coefficient (Wildman–Crippen LogP) is 4.21. The van der Waals surface area contributed by atoms with Crippen molar-refractivity contribution in [3.8, 4) is 0 Å². The largest absolute Gasteiger partial charge is 0.462 e. The molecule has 0 spiro atoms. The second-order valence-corrected chi connectivity index (χ2v) is 5.83. The van der Waals surface area contributed by atoms with Crippen molar-refractivity contribution in [1.29, 1.82) is 0 Å². The van der Waals surface area contributed by atoms with E-state index in [1.807, 2.05) is 17.6 Å². The lowest BCUT2D eigenvalue weighted by molar-refractivity contribution is 0.0505. The van der Waals surface area contributed by atoms with Crippen molar-refractivity contribution in [3.05, 3.63) is 71.2 Å². The summed E-state index contributed by atoms with van der Waals surface area (Å²) in [7, 11) is 0. The van der Waals surface area contributed by atoms with Crippen LogP contribution in [-0.4, -0.2) is 23.4 Å². The van der Waals surface area contributed by atoms with Crippen LogP contribution in [0.3, 0.4) is 0 Å². The zero-order chi connectivity index (χ0) is 17.8. The molecular formula is C20H18FNO3. The number of hydrogen-bond acceptors (Lipinski definition) is 3. The molecule has 4 nitrogen and oxygen atoms in total. The lowest BCUT2D eigenvalue weighted by atomic mass is 10.1. The first-order valence-electron chi connectivity index (χ1n) is 8.12. The highest BCUT2D eigenvalue weighted by Gasteiger charge is 2.11. The molecule has 0 aliphatic rings. The third kappa shape index (κ3) is 3.60. The number of fused-ring (bicyclic) bond motifs is 1. The molecule has 0 unspecified atom stereocenters. The number of benzene rings is 2. The van der Waals surface area contributed by atoms with Gasteiger partial charge in [0.2, 0.25) is 0 Å². The van der Waals surface area contributed by atoms with Crippen LogP contribution in [0.5, 0.6) is 0 Å². The normalized spacial score (nSPS) is 10.8. The molecule has 25 heavy (non-hydrogen) atoms. The molecule has 0 saturated heterocycles. The van der Waals surface area contributed by atoms with E-state index in [2.05, 4.69) is 0 Å². The van der Waals surface area contributed by atoms with Gasteiger partial charge in [0.25, 0.3) is 0 Å². The van der Waals surface area contributed by atoms with Crippen LogP contribution in [0.4, 0.5) is 4.39 Å². The molecule has 128 valence electrons. The SMILES string of the molecule is CCCOC(=O)c1cccc(Cn2cc(C=O)c3cc(F)ccc32)c1. The Morgan fingerprint density at radius 1 is 1.24 bits per heavy atom. The number of rotatable bonds is 6. The summed E-state index contributed by atoms with van der Waals surface area (Å²) in [6, 6.07) is 11.5. The summed E-state index contributed by atoms with van der Waals surface area (Å²) in [4.78, 5) is 23.2. The molecule has 0 N–H and O–H groups in total. The van der Waals surface area contributed by atoms with Crippen molar-refractivity contribution in [2.24, 2.45) is 0 Å². The predicted molar refractivity (Wildman–Crippen MR) is 93.4 cm³/mol. The number of halogens is 1. The second-order valence-electron chi connectivity index (χ2n) is 5.83. The molecule has 1 heterocycles. The monoisotopic (exact) mass is 339 g/mol. The van der Waals surface area contributed by atoms with Gasteiger partial charge in [-0.25, -0.2) is 9.18 Å². The highest BCUT2D eigenvalue weighted by Crippen LogP contribution is 2.22. The Kier molecular flexibility index (Phi) is 4.93. The summed E-state index contributed by atoms with van der Waals surface area (Å²) in [5, 5.41) is 0.577. The van der Waals surface area contributed by atoms with Crippen LogP contribution in [0, 0.1) is 5.82 Å². The molecule has 0 fully saturated rings. The van der Waals surface area contributed by atoms with Crippen LogP contribution in [0.15, 0.2) is 48.7 Å². The maximum atomic E-state index is 13.5. The van der Waals surface area contributed by atoms with Gasteiger partial charge in [-0.3, -0.25) is 4.79 Å². The van der Waals surface area contributed by atoms with Gasteiger partial charge in [-0.15, -0.1) is 0 Å². The van der Waals surface area contributed by atoms with E-state index in [9.17, 15) is 14.0 Å². The molecular weight excluding hydrogens is 321 g/mol. The third-order valence-corrected chi connectivity index (χ3v) is 3.95. The van der Waals surface area contributed by atoms with E-state index in [-0.39, 0.29) is 11.8 Å². The van der Waals surface area contributed by atoms with Gasteiger partial charge in [-0.1, -0.05) is 19.1 Å². The fourth-order valence-electron chi connectivity index (χ4n) is 2.79. The fourth-order valence-corrected chi connectivity index (χ4v) is 2.79. The average Bonchev–Trinajstić information content (AvgIpc) is 2.96. The van der Waals surface area contributed by atoms with Crippen LogP contribution in [0.25, 0.3) is 10.9 Å². The molecule has 0 aliphatic carbocycles. The van der Waals surface area contributed by atoms with Crippen molar-refractivity contribution in [2.75, 3.05) is 6.61 Å². The Labute approximate surface area is 144 Å². The highest BCUT2D eigenvalue weighted by atomic mass is 19.1. The van der Waals surface area contributed by atoms with Crippen LogP contribution >= 0.6 is 0 Å². The first-order chi connectivity index (χ1) is 12.1. The summed E-state index contributed by atoms with van der Waals surface area (Å²) in [6.45, 7) is 2.79. The zero-order valence-corrected chi connectivity index (χ0v) is 13.9. The summed E-state index contributed by atoms with van der Waals surface area (Å²) in [5.74, 6) is -0.731. The summed E-state index contributed by atoms with van der Waals surface area (Å²) >= 11 is 0. The van der Waals surface area contributed by atoms with Gasteiger partial charge in [0, 0.05) is 29.2 Å². The zero-order valence-electron chi connectivity index (χ0n) is 13.9. The standard InChI is InChI=1S/C20H18FNO3/c1-2-8-25-20(24)15-5-3-4-14(9-15)11-22-12-16(13-23)18-10-17(21)6-7-19(18)22/h3-7,9-10,12-13H,2,8,11H2,1H3. The van der Waals surface area contributed by atoms with E-state index in [0.29, 0.717) is 29.7 Å². The Morgan fingerprint density at radius 3 is 2.84 bits per heavy atom. The summed E-state index contributed by atoms with van der Waals surface area (Å²) in [6.07, 6.45) is 3.18. The maximum Gasteiger partial charge on any atom is 0.338 e. The molecule has 0 saturated carbocycles. The van der Waals surface area contributed by atoms with Crippen LogP contribution in [-0.2, 0) is 11.3 Å². The first-order valence-corrected chi connectivity index (χ1v) is 8.12. The Morgan fingerprint density at radius 2 is 2.08 bits per heavy atom. The first kappa shape index (κ1) is 16.9. The van der Waals surface area contributed by atoms with Crippen LogP contribution in [0.2, 0.25) is 0 Å². The number of nitrogens with zero attached hydrogens (tertiary/aromatic N) is 1. The highest BCUT2D eigenvalue weighted by molar-refractivity contribution is 5.97. The molecule has 0 atom stereocenters. The van der Waals surface area contributed by atoms with E-state index in [4.69, 9.17) is 4.74 Å². The van der Waals surface area contributed by atoms with E-state index < -0.39 is 0 Å². The Bertz CT molecular complexity index is 930. The quantitative estimate of drug-likeness (QED) is 0.499. The van der Waals surface area contributed by atoms with Gasteiger partial charge in [0.1, 0.15) is 5.82 Å². The lowest BCUT2D eigenvalue weighted by Crippen LogP contribution is -2.07. The molecule has 5 heteroatoms. The number of carbonyl (C=O) groups is 2. The van der Waals surface area contributed by atoms with Gasteiger partial charge in [0.05, 0.1) is 12.2 Å². The fraction of sp³-hybridized carbons (Fsp3) is 0.200. The van der Waals surface area contributed by atoms with Gasteiger partial charge in [-0.2, -0.15) is 0 Å². The van der Waals surface area contributed by atoms with Gasteiger partial charge >= 0.3 is 5.97 Å². The van der Waals surface area contributed by atoms with Crippen LogP contribution < -0.4 is 0 Å². The number of aldehydes is 1. The van der Waals surface area contributed by atoms with E-state index in [1.165, 1.54) is 12.1 Å². The molecule has 3 rings (SSSR count). The minimum atomic E-state index is -0.381. The third-order valence-electron chi connectivity index (χ3n) is 3.95. The van der Waals surface area contributed by atoms with Gasteiger partial charge in [-0.05, 0) is 42.3 Å². The van der Waals surface area contributed by atoms with Crippen molar-refractivity contribution in [1.82, 2.24) is 4.57 Å². The lowest BCUT2D eigenvalue weighted by Gasteiger charge is -2.08. The van der Waals surface area contributed by atoms with E-state index >= 15 is 0 Å². The number of hydrogen-bond donors (Lipinski definition) is 0. The minimum Gasteiger partial charge on any atom is -0.462 e. The van der Waals surface area contributed by atoms with E-state index in [1.54, 1.807) is 30.5 Å².